The molecule has 2 heterocycles. The summed E-state index contributed by atoms with van der Waals surface area (Å²) in [6.45, 7) is 0.744. The third-order valence-electron chi connectivity index (χ3n) is 5.53. The Morgan fingerprint density at radius 3 is 2.56 bits per heavy atom. The molecular weight excluding hydrogens is 443 g/mol. The summed E-state index contributed by atoms with van der Waals surface area (Å²) in [5.74, 6) is 0.303. The Kier molecular flexibility index (Phi) is 6.09. The number of hydrogen-bond acceptors (Lipinski definition) is 4. The third-order valence-corrected chi connectivity index (χ3v) is 7.39. The Bertz CT molecular complexity index is 1160. The number of nitrogens with one attached hydrogen (secondary N) is 1. The van der Waals surface area contributed by atoms with Gasteiger partial charge in [0.15, 0.2) is 0 Å². The number of rotatable bonds is 6. The van der Waals surface area contributed by atoms with Gasteiger partial charge in [0.1, 0.15) is 5.69 Å². The van der Waals surface area contributed by atoms with Crippen LogP contribution in [-0.2, 0) is 16.2 Å². The van der Waals surface area contributed by atoms with Gasteiger partial charge in [0.2, 0.25) is 10.0 Å². The second kappa shape index (κ2) is 8.67. The average molecular weight is 465 g/mol. The van der Waals surface area contributed by atoms with Gasteiger partial charge in [-0.1, -0.05) is 18.2 Å². The van der Waals surface area contributed by atoms with Crippen LogP contribution in [0.3, 0.4) is 0 Å². The number of amides is 1. The molecule has 10 heteroatoms. The molecule has 1 aromatic carbocycles. The molecule has 0 radical (unpaired) electrons. The van der Waals surface area contributed by atoms with Crippen molar-refractivity contribution in [2.75, 3.05) is 19.6 Å². The largest absolute Gasteiger partial charge is 0.416 e. The van der Waals surface area contributed by atoms with E-state index < -0.39 is 26.7 Å². The number of carbonyl (C=O) groups excluding carboxylic acids is 1. The molecule has 0 spiro atoms. The van der Waals surface area contributed by atoms with Crippen LogP contribution in [0.25, 0.3) is 5.57 Å². The van der Waals surface area contributed by atoms with E-state index in [1.807, 2.05) is 0 Å². The van der Waals surface area contributed by atoms with Crippen molar-refractivity contribution in [2.24, 2.45) is 5.92 Å². The first-order valence-electron chi connectivity index (χ1n) is 10.3. The van der Waals surface area contributed by atoms with Gasteiger partial charge in [0, 0.05) is 19.6 Å². The van der Waals surface area contributed by atoms with Crippen LogP contribution in [0.2, 0.25) is 0 Å². The summed E-state index contributed by atoms with van der Waals surface area (Å²) < 4.78 is 65.7. The van der Waals surface area contributed by atoms with Gasteiger partial charge in [-0.3, -0.25) is 4.79 Å². The van der Waals surface area contributed by atoms with E-state index in [1.54, 1.807) is 24.3 Å². The fourth-order valence-corrected chi connectivity index (χ4v) is 4.90. The lowest BCUT2D eigenvalue weighted by atomic mass is 10.1. The predicted molar refractivity (Wildman–Crippen MR) is 112 cm³/mol. The van der Waals surface area contributed by atoms with Gasteiger partial charge in [-0.25, -0.2) is 13.4 Å². The second-order valence-electron chi connectivity index (χ2n) is 7.93. The summed E-state index contributed by atoms with van der Waals surface area (Å²) in [5.41, 5.74) is 0.661. The minimum absolute atomic E-state index is 0.00764. The van der Waals surface area contributed by atoms with E-state index in [-0.39, 0.29) is 19.0 Å². The van der Waals surface area contributed by atoms with Crippen LogP contribution < -0.4 is 5.32 Å². The monoisotopic (exact) mass is 465 g/mol. The molecule has 1 aliphatic carbocycles. The molecule has 1 fully saturated rings. The van der Waals surface area contributed by atoms with Crippen LogP contribution in [0, 0.1) is 5.92 Å². The number of hydrogen-bond donors (Lipinski definition) is 1. The second-order valence-corrected chi connectivity index (χ2v) is 9.87. The van der Waals surface area contributed by atoms with Crippen molar-refractivity contribution in [3.05, 3.63) is 65.5 Å². The van der Waals surface area contributed by atoms with E-state index in [0.717, 1.165) is 40.9 Å². The first-order chi connectivity index (χ1) is 15.1. The van der Waals surface area contributed by atoms with Gasteiger partial charge < -0.3 is 5.32 Å². The molecule has 2 aromatic rings. The highest BCUT2D eigenvalue weighted by atomic mass is 32.2. The summed E-state index contributed by atoms with van der Waals surface area (Å²) in [7, 11) is -4.08. The van der Waals surface area contributed by atoms with Crippen molar-refractivity contribution >= 4 is 21.5 Å². The smallest absolute Gasteiger partial charge is 0.350 e. The highest BCUT2D eigenvalue weighted by molar-refractivity contribution is 7.89. The summed E-state index contributed by atoms with van der Waals surface area (Å²) in [6, 6.07) is 8.84. The van der Waals surface area contributed by atoms with Crippen molar-refractivity contribution in [1.29, 1.82) is 0 Å². The highest BCUT2D eigenvalue weighted by Crippen LogP contribution is 2.32. The molecule has 1 aromatic heterocycles. The van der Waals surface area contributed by atoms with Crippen LogP contribution >= 0.6 is 0 Å². The molecule has 32 heavy (non-hydrogen) atoms. The van der Waals surface area contributed by atoms with Crippen molar-refractivity contribution < 1.29 is 26.4 Å². The van der Waals surface area contributed by atoms with E-state index >= 15 is 0 Å². The van der Waals surface area contributed by atoms with Crippen molar-refractivity contribution in [2.45, 2.75) is 30.3 Å². The van der Waals surface area contributed by atoms with Gasteiger partial charge in [0.25, 0.3) is 5.91 Å². The van der Waals surface area contributed by atoms with Crippen LogP contribution in [-0.4, -0.2) is 43.2 Å². The molecule has 0 unspecified atom stereocenters. The Morgan fingerprint density at radius 1 is 1.16 bits per heavy atom. The van der Waals surface area contributed by atoms with E-state index in [2.05, 4.69) is 10.3 Å². The lowest BCUT2D eigenvalue weighted by Crippen LogP contribution is -2.35. The Balaban J connectivity index is 1.48. The summed E-state index contributed by atoms with van der Waals surface area (Å²) in [5, 5.41) is 2.86. The zero-order valence-corrected chi connectivity index (χ0v) is 17.9. The van der Waals surface area contributed by atoms with Crippen molar-refractivity contribution in [3.8, 4) is 0 Å². The zero-order chi connectivity index (χ0) is 22.9. The Labute approximate surface area is 184 Å². The van der Waals surface area contributed by atoms with Gasteiger partial charge in [-0.15, -0.1) is 0 Å². The Morgan fingerprint density at radius 2 is 1.91 bits per heavy atom. The van der Waals surface area contributed by atoms with E-state index in [1.165, 1.54) is 0 Å². The molecule has 1 saturated carbocycles. The standard InChI is InChI=1S/C22H22F3N3O3S/c23-22(24,25)17-3-1-4-18(13-17)32(30,31)28-11-9-16(10-12-28)19-5-2-6-20(27-19)21(29)26-14-15-7-8-15/h1-6,9,13,15H,7-8,10-12,14H2,(H,26,29). The normalized spacial score (nSPS) is 17.7. The number of nitrogens with zero attached hydrogens (tertiary/aromatic N) is 2. The maximum atomic E-state index is 13.0. The summed E-state index contributed by atoms with van der Waals surface area (Å²) >= 11 is 0. The minimum Gasteiger partial charge on any atom is -0.350 e. The van der Waals surface area contributed by atoms with Crippen LogP contribution in [0.4, 0.5) is 13.2 Å². The first kappa shape index (κ1) is 22.5. The molecular formula is C22H22F3N3O3S. The van der Waals surface area contributed by atoms with Crippen LogP contribution in [0.1, 0.15) is 41.0 Å². The number of alkyl halides is 3. The molecule has 1 amide bonds. The van der Waals surface area contributed by atoms with Crippen LogP contribution in [0.15, 0.2) is 53.4 Å². The highest BCUT2D eigenvalue weighted by Gasteiger charge is 2.33. The maximum absolute atomic E-state index is 13.0. The predicted octanol–water partition coefficient (Wildman–Crippen LogP) is 3.72. The first-order valence-corrected chi connectivity index (χ1v) is 11.7. The van der Waals surface area contributed by atoms with Gasteiger partial charge >= 0.3 is 6.18 Å². The number of halogens is 3. The number of sulfonamides is 1. The molecule has 1 aliphatic heterocycles. The minimum atomic E-state index is -4.62. The lowest BCUT2D eigenvalue weighted by Gasteiger charge is -2.26. The van der Waals surface area contributed by atoms with E-state index in [9.17, 15) is 26.4 Å². The topological polar surface area (TPSA) is 79.4 Å². The molecule has 0 bridgehead atoms. The van der Waals surface area contributed by atoms with Crippen LogP contribution in [0.5, 0.6) is 0 Å². The molecule has 0 atom stereocenters. The molecule has 1 N–H and O–H groups in total. The van der Waals surface area contributed by atoms with Gasteiger partial charge in [-0.05, 0) is 61.1 Å². The number of pyridine rings is 1. The fourth-order valence-electron chi connectivity index (χ4n) is 3.47. The van der Waals surface area contributed by atoms with Gasteiger partial charge in [-0.2, -0.15) is 17.5 Å². The van der Waals surface area contributed by atoms with E-state index in [4.69, 9.17) is 0 Å². The molecule has 6 nitrogen and oxygen atoms in total. The summed E-state index contributed by atoms with van der Waals surface area (Å²) in [6.07, 6.45) is -0.357. The number of benzene rings is 1. The third kappa shape index (κ3) is 5.02. The fraction of sp³-hybridized carbons (Fsp3) is 0.364. The van der Waals surface area contributed by atoms with Crippen molar-refractivity contribution in [3.63, 3.8) is 0 Å². The summed E-state index contributed by atoms with van der Waals surface area (Å²) in [4.78, 5) is 16.3. The molecule has 170 valence electrons. The zero-order valence-electron chi connectivity index (χ0n) is 17.1. The number of aromatic nitrogens is 1. The molecule has 4 rings (SSSR count). The maximum Gasteiger partial charge on any atom is 0.416 e. The lowest BCUT2D eigenvalue weighted by molar-refractivity contribution is -0.137. The average Bonchev–Trinajstić information content (AvgIpc) is 3.62. The SMILES string of the molecule is O=C(NCC1CC1)c1cccc(C2=CCN(S(=O)(=O)c3cccc(C(F)(F)F)c3)CC2)n1. The molecule has 2 aliphatic rings. The Hall–Kier alpha value is -2.72. The van der Waals surface area contributed by atoms with E-state index in [0.29, 0.717) is 36.3 Å². The number of carbonyl (C=O) groups is 1. The quantitative estimate of drug-likeness (QED) is 0.705. The van der Waals surface area contributed by atoms with Crippen molar-refractivity contribution in [1.82, 2.24) is 14.6 Å². The van der Waals surface area contributed by atoms with Gasteiger partial charge in [0.05, 0.1) is 16.2 Å². The molecule has 0 saturated heterocycles.